The van der Waals surface area contributed by atoms with Crippen molar-refractivity contribution in [2.24, 2.45) is 0 Å². The third kappa shape index (κ3) is 5.04. The van der Waals surface area contributed by atoms with E-state index in [4.69, 9.17) is 0 Å². The van der Waals surface area contributed by atoms with Gasteiger partial charge in [0.1, 0.15) is 0 Å². The first-order valence-electron chi connectivity index (χ1n) is 10.1. The average molecular weight is 416 g/mol. The smallest absolute Gasteiger partial charge is 0.253 e. The monoisotopic (exact) mass is 415 g/mol. The van der Waals surface area contributed by atoms with Gasteiger partial charge < -0.3 is 4.90 Å². The van der Waals surface area contributed by atoms with Gasteiger partial charge in [-0.2, -0.15) is 4.31 Å². The minimum atomic E-state index is -3.44. The summed E-state index contributed by atoms with van der Waals surface area (Å²) < 4.78 is 27.1. The van der Waals surface area contributed by atoms with Crippen LogP contribution < -0.4 is 0 Å². The van der Waals surface area contributed by atoms with Gasteiger partial charge in [0.15, 0.2) is 0 Å². The van der Waals surface area contributed by atoms with Crippen LogP contribution in [0.4, 0.5) is 0 Å². The van der Waals surface area contributed by atoms with Crippen LogP contribution in [0.1, 0.15) is 29.8 Å². The van der Waals surface area contributed by atoms with Gasteiger partial charge >= 0.3 is 0 Å². The molecule has 0 bridgehead atoms. The Hall–Kier alpha value is -2.22. The zero-order valence-corrected chi connectivity index (χ0v) is 17.9. The lowest BCUT2D eigenvalue weighted by molar-refractivity contribution is 0.0772. The molecule has 1 amide bonds. The number of rotatable bonds is 7. The molecule has 0 N–H and O–H groups in total. The number of hydrogen-bond acceptors (Lipinski definition) is 4. The molecular formula is C22H29N3O3S. The Bertz CT molecular complexity index is 919. The molecule has 7 heteroatoms. The zero-order valence-electron chi connectivity index (χ0n) is 17.1. The van der Waals surface area contributed by atoms with Crippen molar-refractivity contribution >= 4 is 15.9 Å². The second-order valence-corrected chi connectivity index (χ2v) is 9.11. The lowest BCUT2D eigenvalue weighted by Crippen LogP contribution is -2.48. The number of piperazine rings is 1. The summed E-state index contributed by atoms with van der Waals surface area (Å²) in [5.41, 5.74) is 1.78. The van der Waals surface area contributed by atoms with E-state index >= 15 is 0 Å². The number of amides is 1. The maximum Gasteiger partial charge on any atom is 0.253 e. The van der Waals surface area contributed by atoms with Crippen molar-refractivity contribution in [2.75, 3.05) is 39.3 Å². The molecule has 156 valence electrons. The van der Waals surface area contributed by atoms with Crippen LogP contribution in [-0.4, -0.2) is 67.7 Å². The lowest BCUT2D eigenvalue weighted by Gasteiger charge is -2.34. The van der Waals surface area contributed by atoms with Crippen molar-refractivity contribution in [1.82, 2.24) is 14.1 Å². The topological polar surface area (TPSA) is 60.9 Å². The highest BCUT2D eigenvalue weighted by Gasteiger charge is 2.28. The van der Waals surface area contributed by atoms with Crippen LogP contribution in [-0.2, 0) is 16.6 Å². The molecule has 1 fully saturated rings. The fraction of sp³-hybridized carbons (Fsp3) is 0.409. The molecule has 2 aromatic rings. The van der Waals surface area contributed by atoms with Gasteiger partial charge in [0.25, 0.3) is 5.91 Å². The highest BCUT2D eigenvalue weighted by Crippen LogP contribution is 2.18. The predicted molar refractivity (Wildman–Crippen MR) is 114 cm³/mol. The van der Waals surface area contributed by atoms with Crippen molar-refractivity contribution in [3.05, 3.63) is 65.7 Å². The SMILES string of the molecule is CCN(CC)C(=O)c1cccc(CN2CCN(S(=O)(=O)c3ccccc3)CC2)c1. The van der Waals surface area contributed by atoms with Gasteiger partial charge in [-0.3, -0.25) is 9.69 Å². The molecule has 0 saturated carbocycles. The van der Waals surface area contributed by atoms with Crippen LogP contribution in [0.25, 0.3) is 0 Å². The van der Waals surface area contributed by atoms with E-state index in [0.717, 1.165) is 5.56 Å². The van der Waals surface area contributed by atoms with Crippen LogP contribution in [0, 0.1) is 0 Å². The van der Waals surface area contributed by atoms with Crippen LogP contribution >= 0.6 is 0 Å². The molecule has 1 aliphatic heterocycles. The molecule has 1 saturated heterocycles. The Kier molecular flexibility index (Phi) is 7.05. The van der Waals surface area contributed by atoms with Crippen LogP contribution in [0.15, 0.2) is 59.5 Å². The summed E-state index contributed by atoms with van der Waals surface area (Å²) in [7, 11) is -3.44. The standard InChI is InChI=1S/C22H29N3O3S/c1-3-24(4-2)22(26)20-10-8-9-19(17-20)18-23-13-15-25(16-14-23)29(27,28)21-11-6-5-7-12-21/h5-12,17H,3-4,13-16,18H2,1-2H3. The first-order chi connectivity index (χ1) is 14.0. The van der Waals surface area contributed by atoms with Gasteiger partial charge in [-0.25, -0.2) is 8.42 Å². The molecule has 3 rings (SSSR count). The normalized spacial score (nSPS) is 15.9. The molecule has 0 radical (unpaired) electrons. The molecule has 29 heavy (non-hydrogen) atoms. The number of nitrogens with zero attached hydrogens (tertiary/aromatic N) is 3. The summed E-state index contributed by atoms with van der Waals surface area (Å²) in [5.74, 6) is 0.0515. The number of sulfonamides is 1. The summed E-state index contributed by atoms with van der Waals surface area (Å²) in [5, 5.41) is 0. The third-order valence-electron chi connectivity index (χ3n) is 5.34. The van der Waals surface area contributed by atoms with Gasteiger partial charge in [-0.15, -0.1) is 0 Å². The summed E-state index contributed by atoms with van der Waals surface area (Å²) in [4.78, 5) is 17.0. The first-order valence-corrected chi connectivity index (χ1v) is 11.6. The maximum atomic E-state index is 12.8. The Morgan fingerprint density at radius 3 is 2.21 bits per heavy atom. The molecule has 0 aromatic heterocycles. The summed E-state index contributed by atoms with van der Waals surface area (Å²) in [6, 6.07) is 16.3. The Balaban J connectivity index is 1.61. The number of benzene rings is 2. The van der Waals surface area contributed by atoms with Crippen molar-refractivity contribution in [3.8, 4) is 0 Å². The Morgan fingerprint density at radius 1 is 0.931 bits per heavy atom. The van der Waals surface area contributed by atoms with Crippen LogP contribution in [0.2, 0.25) is 0 Å². The average Bonchev–Trinajstić information content (AvgIpc) is 2.76. The fourth-order valence-corrected chi connectivity index (χ4v) is 5.07. The van der Waals surface area contributed by atoms with Crippen molar-refractivity contribution in [3.63, 3.8) is 0 Å². The maximum absolute atomic E-state index is 12.8. The van der Waals surface area contributed by atoms with Crippen molar-refractivity contribution in [1.29, 1.82) is 0 Å². The first kappa shape index (κ1) is 21.5. The molecule has 2 aromatic carbocycles. The van der Waals surface area contributed by atoms with Gasteiger partial charge in [0.05, 0.1) is 4.90 Å². The molecule has 0 aliphatic carbocycles. The van der Waals surface area contributed by atoms with Crippen LogP contribution in [0.5, 0.6) is 0 Å². The fourth-order valence-electron chi connectivity index (χ4n) is 3.62. The second kappa shape index (κ2) is 9.52. The van der Waals surface area contributed by atoms with Gasteiger partial charge in [0, 0.05) is 51.4 Å². The molecule has 0 spiro atoms. The lowest BCUT2D eigenvalue weighted by atomic mass is 10.1. The van der Waals surface area contributed by atoms with E-state index in [2.05, 4.69) is 4.90 Å². The Morgan fingerprint density at radius 2 is 1.59 bits per heavy atom. The number of carbonyl (C=O) groups is 1. The molecule has 0 unspecified atom stereocenters. The largest absolute Gasteiger partial charge is 0.339 e. The van der Waals surface area contributed by atoms with E-state index in [1.165, 1.54) is 0 Å². The zero-order chi connectivity index (χ0) is 20.9. The minimum Gasteiger partial charge on any atom is -0.339 e. The highest BCUT2D eigenvalue weighted by atomic mass is 32.2. The predicted octanol–water partition coefficient (Wildman–Crippen LogP) is 2.68. The van der Waals surface area contributed by atoms with Crippen molar-refractivity contribution in [2.45, 2.75) is 25.3 Å². The van der Waals surface area contributed by atoms with E-state index < -0.39 is 10.0 Å². The van der Waals surface area contributed by atoms with E-state index in [-0.39, 0.29) is 5.91 Å². The van der Waals surface area contributed by atoms with Gasteiger partial charge in [0.2, 0.25) is 10.0 Å². The number of carbonyl (C=O) groups excluding carboxylic acids is 1. The third-order valence-corrected chi connectivity index (χ3v) is 7.26. The van der Waals surface area contributed by atoms with Gasteiger partial charge in [-0.1, -0.05) is 30.3 Å². The van der Waals surface area contributed by atoms with Crippen molar-refractivity contribution < 1.29 is 13.2 Å². The van der Waals surface area contributed by atoms with E-state index in [0.29, 0.717) is 56.3 Å². The van der Waals surface area contributed by atoms with E-state index in [1.54, 1.807) is 28.6 Å². The van der Waals surface area contributed by atoms with Crippen LogP contribution in [0.3, 0.4) is 0 Å². The molecule has 1 aliphatic rings. The quantitative estimate of drug-likeness (QED) is 0.698. The highest BCUT2D eigenvalue weighted by molar-refractivity contribution is 7.89. The van der Waals surface area contributed by atoms with E-state index in [9.17, 15) is 13.2 Å². The molecule has 6 nitrogen and oxygen atoms in total. The summed E-state index contributed by atoms with van der Waals surface area (Å²) in [6.45, 7) is 8.32. The minimum absolute atomic E-state index is 0.0515. The molecular weight excluding hydrogens is 386 g/mol. The molecule has 1 heterocycles. The number of hydrogen-bond donors (Lipinski definition) is 0. The van der Waals surface area contributed by atoms with Gasteiger partial charge in [-0.05, 0) is 43.7 Å². The van der Waals surface area contributed by atoms with E-state index in [1.807, 2.05) is 49.1 Å². The second-order valence-electron chi connectivity index (χ2n) is 7.17. The molecule has 0 atom stereocenters. The summed E-state index contributed by atoms with van der Waals surface area (Å²) >= 11 is 0. The Labute approximate surface area is 173 Å². The summed E-state index contributed by atoms with van der Waals surface area (Å²) in [6.07, 6.45) is 0.